The maximum absolute atomic E-state index is 13.1. The maximum Gasteiger partial charge on any atom is 0.258 e. The van der Waals surface area contributed by atoms with E-state index in [4.69, 9.17) is 17.0 Å². The summed E-state index contributed by atoms with van der Waals surface area (Å²) in [7, 11) is 0. The highest BCUT2D eigenvalue weighted by Crippen LogP contribution is 2.19. The van der Waals surface area contributed by atoms with Crippen molar-refractivity contribution in [3.8, 4) is 5.75 Å². The second kappa shape index (κ2) is 13.2. The first-order chi connectivity index (χ1) is 18.5. The fraction of sp³-hybridized carbons (Fsp3) is 0.129. The van der Waals surface area contributed by atoms with E-state index in [-0.39, 0.29) is 16.9 Å². The molecule has 2 N–H and O–H groups in total. The number of ether oxygens (including phenoxy) is 1. The highest BCUT2D eigenvalue weighted by Gasteiger charge is 2.16. The summed E-state index contributed by atoms with van der Waals surface area (Å²) >= 11 is 5.34. The van der Waals surface area contributed by atoms with Gasteiger partial charge in [-0.05, 0) is 79.3 Å². The molecule has 0 fully saturated rings. The van der Waals surface area contributed by atoms with Crippen molar-refractivity contribution in [2.45, 2.75) is 13.3 Å². The molecular weight excluding hydrogens is 494 g/mol. The lowest BCUT2D eigenvalue weighted by Gasteiger charge is -2.21. The Balaban J connectivity index is 1.30. The molecule has 38 heavy (non-hydrogen) atoms. The first-order valence-corrected chi connectivity index (χ1v) is 12.8. The highest BCUT2D eigenvalue weighted by atomic mass is 32.1. The van der Waals surface area contributed by atoms with Crippen molar-refractivity contribution >= 4 is 40.5 Å². The van der Waals surface area contributed by atoms with E-state index >= 15 is 0 Å². The van der Waals surface area contributed by atoms with E-state index in [1.807, 2.05) is 55.5 Å². The number of anilines is 2. The largest absolute Gasteiger partial charge is 0.493 e. The molecule has 4 aromatic rings. The standard InChI is InChI=1S/C31H29N3O3S/c1-2-34(27-14-7-4-8-15-27)30(36)25-12-9-13-26(22-25)32-31(38)33-29(35)24-16-18-28(19-17-24)37-21-20-23-10-5-3-6-11-23/h3-19,22H,2,20-21H2,1H3,(H2,32,33,35,38). The average molecular weight is 524 g/mol. The van der Waals surface area contributed by atoms with Crippen LogP contribution in [0.4, 0.5) is 11.4 Å². The fourth-order valence-electron chi connectivity index (χ4n) is 3.91. The van der Waals surface area contributed by atoms with E-state index in [2.05, 4.69) is 22.8 Å². The summed E-state index contributed by atoms with van der Waals surface area (Å²) in [4.78, 5) is 27.5. The summed E-state index contributed by atoms with van der Waals surface area (Å²) in [5, 5.41) is 5.81. The minimum Gasteiger partial charge on any atom is -0.493 e. The Labute approximate surface area is 228 Å². The second-order valence-corrected chi connectivity index (χ2v) is 8.89. The molecule has 4 rings (SSSR count). The van der Waals surface area contributed by atoms with Crippen molar-refractivity contribution in [3.05, 3.63) is 126 Å². The molecule has 0 aliphatic heterocycles. The van der Waals surface area contributed by atoms with Gasteiger partial charge in [0, 0.05) is 35.5 Å². The molecule has 4 aromatic carbocycles. The van der Waals surface area contributed by atoms with Gasteiger partial charge in [0.25, 0.3) is 11.8 Å². The van der Waals surface area contributed by atoms with Crippen molar-refractivity contribution < 1.29 is 14.3 Å². The summed E-state index contributed by atoms with van der Waals surface area (Å²) in [5.41, 5.74) is 3.60. The van der Waals surface area contributed by atoms with Gasteiger partial charge in [0.1, 0.15) is 5.75 Å². The van der Waals surface area contributed by atoms with Gasteiger partial charge in [-0.1, -0.05) is 54.6 Å². The van der Waals surface area contributed by atoms with Gasteiger partial charge in [0.05, 0.1) is 6.61 Å². The Kier molecular flexibility index (Phi) is 9.21. The summed E-state index contributed by atoms with van der Waals surface area (Å²) in [6.07, 6.45) is 0.804. The summed E-state index contributed by atoms with van der Waals surface area (Å²) in [6.45, 7) is 3.01. The van der Waals surface area contributed by atoms with Crippen molar-refractivity contribution in [1.29, 1.82) is 0 Å². The number of nitrogens with zero attached hydrogens (tertiary/aromatic N) is 1. The molecule has 0 radical (unpaired) electrons. The van der Waals surface area contributed by atoms with E-state index < -0.39 is 0 Å². The number of carbonyl (C=O) groups is 2. The lowest BCUT2D eigenvalue weighted by molar-refractivity contribution is 0.0973. The Morgan fingerprint density at radius 1 is 0.816 bits per heavy atom. The molecule has 6 nitrogen and oxygen atoms in total. The number of carbonyl (C=O) groups excluding carboxylic acids is 2. The normalized spacial score (nSPS) is 10.3. The predicted octanol–water partition coefficient (Wildman–Crippen LogP) is 6.10. The van der Waals surface area contributed by atoms with Gasteiger partial charge in [-0.15, -0.1) is 0 Å². The highest BCUT2D eigenvalue weighted by molar-refractivity contribution is 7.80. The molecule has 0 spiro atoms. The molecule has 0 bridgehead atoms. The molecule has 0 aromatic heterocycles. The summed E-state index contributed by atoms with van der Waals surface area (Å²) < 4.78 is 5.79. The van der Waals surface area contributed by atoms with Crippen LogP contribution in [0.15, 0.2) is 109 Å². The smallest absolute Gasteiger partial charge is 0.258 e. The minimum absolute atomic E-state index is 0.122. The van der Waals surface area contributed by atoms with E-state index in [0.29, 0.717) is 35.7 Å². The topological polar surface area (TPSA) is 70.7 Å². The lowest BCUT2D eigenvalue weighted by Crippen LogP contribution is -2.34. The molecule has 0 unspecified atom stereocenters. The first-order valence-electron chi connectivity index (χ1n) is 12.4. The van der Waals surface area contributed by atoms with Crippen molar-refractivity contribution in [2.75, 3.05) is 23.4 Å². The molecule has 2 amide bonds. The fourth-order valence-corrected chi connectivity index (χ4v) is 4.12. The third-order valence-electron chi connectivity index (χ3n) is 5.84. The van der Waals surface area contributed by atoms with Crippen LogP contribution < -0.4 is 20.3 Å². The van der Waals surface area contributed by atoms with Crippen LogP contribution in [0.3, 0.4) is 0 Å². The molecule has 0 saturated carbocycles. The number of benzene rings is 4. The Bertz CT molecular complexity index is 1380. The van der Waals surface area contributed by atoms with Gasteiger partial charge in [0.15, 0.2) is 5.11 Å². The Morgan fingerprint density at radius 2 is 1.50 bits per heavy atom. The molecule has 0 aliphatic rings. The van der Waals surface area contributed by atoms with Crippen LogP contribution in [-0.2, 0) is 6.42 Å². The average Bonchev–Trinajstić information content (AvgIpc) is 2.95. The Morgan fingerprint density at radius 3 is 2.18 bits per heavy atom. The van der Waals surface area contributed by atoms with Gasteiger partial charge in [-0.3, -0.25) is 14.9 Å². The third-order valence-corrected chi connectivity index (χ3v) is 6.05. The zero-order chi connectivity index (χ0) is 26.7. The van der Waals surface area contributed by atoms with Crippen LogP contribution in [0.2, 0.25) is 0 Å². The van der Waals surface area contributed by atoms with Gasteiger partial charge in [-0.25, -0.2) is 0 Å². The number of nitrogens with one attached hydrogen (secondary N) is 2. The van der Waals surface area contributed by atoms with Crippen LogP contribution in [0, 0.1) is 0 Å². The number of thiocarbonyl (C=S) groups is 1. The van der Waals surface area contributed by atoms with Crippen LogP contribution in [0.1, 0.15) is 33.2 Å². The minimum atomic E-state index is -0.341. The van der Waals surface area contributed by atoms with Crippen LogP contribution in [0.25, 0.3) is 0 Å². The van der Waals surface area contributed by atoms with E-state index in [1.54, 1.807) is 53.4 Å². The molecule has 0 saturated heterocycles. The lowest BCUT2D eigenvalue weighted by atomic mass is 10.1. The van der Waals surface area contributed by atoms with Crippen molar-refractivity contribution in [1.82, 2.24) is 5.32 Å². The Hall–Kier alpha value is -4.49. The van der Waals surface area contributed by atoms with Gasteiger partial charge in [-0.2, -0.15) is 0 Å². The molecular formula is C31H29N3O3S. The molecule has 0 heterocycles. The molecule has 0 atom stereocenters. The van der Waals surface area contributed by atoms with E-state index in [9.17, 15) is 9.59 Å². The number of hydrogen-bond donors (Lipinski definition) is 2. The van der Waals surface area contributed by atoms with Crippen LogP contribution >= 0.6 is 12.2 Å². The zero-order valence-corrected chi connectivity index (χ0v) is 21.9. The van der Waals surface area contributed by atoms with E-state index in [1.165, 1.54) is 5.56 Å². The second-order valence-electron chi connectivity index (χ2n) is 8.48. The number of hydrogen-bond acceptors (Lipinski definition) is 4. The number of para-hydroxylation sites is 1. The van der Waals surface area contributed by atoms with E-state index in [0.717, 1.165) is 12.1 Å². The van der Waals surface area contributed by atoms with Crippen LogP contribution in [-0.4, -0.2) is 30.1 Å². The van der Waals surface area contributed by atoms with Crippen LogP contribution in [0.5, 0.6) is 5.75 Å². The van der Waals surface area contributed by atoms with Gasteiger partial charge < -0.3 is 15.0 Å². The SMILES string of the molecule is CCN(C(=O)c1cccc(NC(=S)NC(=O)c2ccc(OCCc3ccccc3)cc2)c1)c1ccccc1. The maximum atomic E-state index is 13.1. The molecule has 192 valence electrons. The zero-order valence-electron chi connectivity index (χ0n) is 21.1. The first kappa shape index (κ1) is 26.6. The number of rotatable bonds is 9. The van der Waals surface area contributed by atoms with Gasteiger partial charge >= 0.3 is 0 Å². The summed E-state index contributed by atoms with van der Waals surface area (Å²) in [5.74, 6) is 0.228. The molecule has 7 heteroatoms. The summed E-state index contributed by atoms with van der Waals surface area (Å²) in [6, 6.07) is 33.6. The van der Waals surface area contributed by atoms with Gasteiger partial charge in [0.2, 0.25) is 0 Å². The molecule has 0 aliphatic carbocycles. The van der Waals surface area contributed by atoms with Crippen molar-refractivity contribution in [2.24, 2.45) is 0 Å². The quantitative estimate of drug-likeness (QED) is 0.259. The van der Waals surface area contributed by atoms with Crippen molar-refractivity contribution in [3.63, 3.8) is 0 Å². The number of amides is 2. The predicted molar refractivity (Wildman–Crippen MR) is 156 cm³/mol. The monoisotopic (exact) mass is 523 g/mol. The third kappa shape index (κ3) is 7.27.